The third-order valence-corrected chi connectivity index (χ3v) is 3.56. The normalized spacial score (nSPS) is 32.0. The lowest BCUT2D eigenvalue weighted by Crippen LogP contribution is -2.57. The Hall–Kier alpha value is -1.52. The van der Waals surface area contributed by atoms with Crippen molar-refractivity contribution < 1.29 is 24.8 Å². The maximum Gasteiger partial charge on any atom is 0.301 e. The Bertz CT molecular complexity index is 575. The lowest BCUT2D eigenvalue weighted by molar-refractivity contribution is -0.243. The molecule has 9 heteroatoms. The van der Waals surface area contributed by atoms with Crippen LogP contribution in [0.2, 0.25) is 0 Å². The van der Waals surface area contributed by atoms with Gasteiger partial charge in [-0.15, -0.1) is 0 Å². The Morgan fingerprint density at radius 3 is 2.64 bits per heavy atom. The van der Waals surface area contributed by atoms with Gasteiger partial charge in [-0.25, -0.2) is 0 Å². The van der Waals surface area contributed by atoms with Crippen molar-refractivity contribution in [1.29, 1.82) is 0 Å². The molecule has 5 N–H and O–H groups in total. The van der Waals surface area contributed by atoms with Crippen LogP contribution in [-0.4, -0.2) is 62.4 Å². The van der Waals surface area contributed by atoms with E-state index in [-0.39, 0.29) is 19.2 Å². The number of aliphatic hydroxyl groups excluding tert-OH is 3. The fraction of sp³-hybridized carbons (Fsp3) is 0.692. The van der Waals surface area contributed by atoms with Gasteiger partial charge in [-0.05, 0) is 13.8 Å². The smallest absolute Gasteiger partial charge is 0.301 e. The van der Waals surface area contributed by atoms with Gasteiger partial charge in [0.2, 0.25) is 0 Å². The number of aromatic nitrogens is 2. The molecule has 0 saturated carbocycles. The van der Waals surface area contributed by atoms with Gasteiger partial charge in [0.1, 0.15) is 24.4 Å². The van der Waals surface area contributed by atoms with Crippen molar-refractivity contribution in [1.82, 2.24) is 9.55 Å². The largest absolute Gasteiger partial charge is 0.465 e. The molecule has 0 aromatic carbocycles. The number of hydrogen-bond acceptors (Lipinski definition) is 8. The number of rotatable bonds is 4. The van der Waals surface area contributed by atoms with E-state index in [2.05, 4.69) is 4.98 Å². The first-order valence-electron chi connectivity index (χ1n) is 7.03. The zero-order valence-electron chi connectivity index (χ0n) is 12.4. The van der Waals surface area contributed by atoms with E-state index in [0.717, 1.165) is 0 Å². The first-order chi connectivity index (χ1) is 10.4. The van der Waals surface area contributed by atoms with E-state index in [1.807, 2.05) is 0 Å². The maximum atomic E-state index is 11.7. The molecule has 1 fully saturated rings. The molecule has 1 aromatic heterocycles. The number of nitrogens with zero attached hydrogens (tertiary/aromatic N) is 2. The van der Waals surface area contributed by atoms with Crippen molar-refractivity contribution in [2.45, 2.75) is 44.5 Å². The highest BCUT2D eigenvalue weighted by Gasteiger charge is 2.44. The molecule has 2 heterocycles. The van der Waals surface area contributed by atoms with Gasteiger partial charge in [-0.3, -0.25) is 9.36 Å². The van der Waals surface area contributed by atoms with Crippen LogP contribution in [0.3, 0.4) is 0 Å². The molecule has 1 unspecified atom stereocenters. The molecule has 1 saturated heterocycles. The molecule has 0 aliphatic carbocycles. The minimum atomic E-state index is -1.44. The zero-order valence-corrected chi connectivity index (χ0v) is 12.4. The molecule has 0 radical (unpaired) electrons. The second-order valence-corrected chi connectivity index (χ2v) is 5.12. The van der Waals surface area contributed by atoms with Crippen molar-refractivity contribution in [2.75, 3.05) is 13.2 Å². The van der Waals surface area contributed by atoms with Crippen molar-refractivity contribution >= 4 is 0 Å². The summed E-state index contributed by atoms with van der Waals surface area (Å²) in [7, 11) is 0. The summed E-state index contributed by atoms with van der Waals surface area (Å²) in [6, 6.07) is -0.0403. The molecule has 0 bridgehead atoms. The number of nitrogens with two attached hydrogens (primary N) is 1. The van der Waals surface area contributed by atoms with Gasteiger partial charge < -0.3 is 30.5 Å². The van der Waals surface area contributed by atoms with Crippen LogP contribution >= 0.6 is 0 Å². The van der Waals surface area contributed by atoms with Crippen LogP contribution in [0, 0.1) is 6.92 Å². The predicted octanol–water partition coefficient (Wildman–Crippen LogP) is -2.11. The van der Waals surface area contributed by atoms with Crippen LogP contribution in [0.15, 0.2) is 11.0 Å². The van der Waals surface area contributed by atoms with E-state index < -0.39 is 36.2 Å². The molecule has 0 spiro atoms. The maximum absolute atomic E-state index is 11.7. The van der Waals surface area contributed by atoms with Gasteiger partial charge in [-0.1, -0.05) is 0 Å². The molecule has 1 aromatic rings. The Labute approximate surface area is 126 Å². The van der Waals surface area contributed by atoms with Crippen LogP contribution in [0.5, 0.6) is 6.01 Å². The zero-order chi connectivity index (χ0) is 16.4. The standard InChI is InChI=1S/C13H21N3O6/c1-3-21-13-15-11(20)6(2)5-16(13)12-10(19)9(18)8(17)7(4-14)22-12/h5,7-10,12,17-19H,3-4,14H2,1-2H3/t7-,8-,9+,10-,12?/m1/s1. The summed E-state index contributed by atoms with van der Waals surface area (Å²) < 4.78 is 12.2. The fourth-order valence-corrected chi connectivity index (χ4v) is 2.33. The monoisotopic (exact) mass is 315 g/mol. The molecule has 22 heavy (non-hydrogen) atoms. The van der Waals surface area contributed by atoms with Crippen molar-refractivity contribution in [3.63, 3.8) is 0 Å². The Morgan fingerprint density at radius 2 is 2.05 bits per heavy atom. The third-order valence-electron chi connectivity index (χ3n) is 3.56. The number of aryl methyl sites for hydroxylation is 1. The Balaban J connectivity index is 2.45. The molecule has 9 nitrogen and oxygen atoms in total. The molecule has 124 valence electrons. The van der Waals surface area contributed by atoms with Gasteiger partial charge in [0.25, 0.3) is 5.56 Å². The second kappa shape index (κ2) is 6.71. The van der Waals surface area contributed by atoms with Gasteiger partial charge in [0.15, 0.2) is 6.23 Å². The highest BCUT2D eigenvalue weighted by Crippen LogP contribution is 2.30. The summed E-state index contributed by atoms with van der Waals surface area (Å²) >= 11 is 0. The number of hydrogen-bond donors (Lipinski definition) is 4. The van der Waals surface area contributed by atoms with E-state index in [9.17, 15) is 20.1 Å². The highest BCUT2D eigenvalue weighted by molar-refractivity contribution is 5.10. The van der Waals surface area contributed by atoms with Crippen LogP contribution in [-0.2, 0) is 4.74 Å². The summed E-state index contributed by atoms with van der Waals surface area (Å²) in [5.74, 6) is 0. The lowest BCUT2D eigenvalue weighted by atomic mass is 9.98. The summed E-state index contributed by atoms with van der Waals surface area (Å²) in [6.45, 7) is 3.49. The summed E-state index contributed by atoms with van der Waals surface area (Å²) in [4.78, 5) is 15.4. The minimum absolute atomic E-state index is 0.0403. The van der Waals surface area contributed by atoms with E-state index >= 15 is 0 Å². The summed E-state index contributed by atoms with van der Waals surface area (Å²) in [6.07, 6.45) is -4.70. The van der Waals surface area contributed by atoms with Gasteiger partial charge in [0, 0.05) is 18.3 Å². The quantitative estimate of drug-likeness (QED) is 0.495. The average molecular weight is 315 g/mol. The first kappa shape index (κ1) is 16.8. The SMILES string of the molecule is CCOc1nc(=O)c(C)cn1C1O[C@H](CN)[C@@H](O)[C@H](O)[C@H]1O. The van der Waals surface area contributed by atoms with E-state index in [4.69, 9.17) is 15.2 Å². The van der Waals surface area contributed by atoms with Crippen LogP contribution in [0.1, 0.15) is 18.7 Å². The van der Waals surface area contributed by atoms with E-state index in [1.165, 1.54) is 10.8 Å². The van der Waals surface area contributed by atoms with Crippen molar-refractivity contribution in [3.8, 4) is 6.01 Å². The molecule has 1 aliphatic rings. The Kier molecular flexibility index (Phi) is 5.14. The van der Waals surface area contributed by atoms with Gasteiger partial charge in [-0.2, -0.15) is 4.98 Å². The molecule has 5 atom stereocenters. The van der Waals surface area contributed by atoms with Crippen molar-refractivity contribution in [2.24, 2.45) is 5.73 Å². The average Bonchev–Trinajstić information content (AvgIpc) is 2.49. The number of aliphatic hydroxyl groups is 3. The summed E-state index contributed by atoms with van der Waals surface area (Å²) in [5, 5.41) is 29.9. The molecule has 2 rings (SSSR count). The molecule has 0 amide bonds. The van der Waals surface area contributed by atoms with Gasteiger partial charge >= 0.3 is 6.01 Å². The topological polar surface area (TPSA) is 140 Å². The predicted molar refractivity (Wildman–Crippen MR) is 75.4 cm³/mol. The van der Waals surface area contributed by atoms with E-state index in [1.54, 1.807) is 13.8 Å². The van der Waals surface area contributed by atoms with Gasteiger partial charge in [0.05, 0.1) is 6.61 Å². The van der Waals surface area contributed by atoms with Crippen LogP contribution < -0.4 is 16.0 Å². The molecule has 1 aliphatic heterocycles. The van der Waals surface area contributed by atoms with E-state index in [0.29, 0.717) is 5.56 Å². The minimum Gasteiger partial charge on any atom is -0.465 e. The molecular formula is C13H21N3O6. The first-order valence-corrected chi connectivity index (χ1v) is 7.03. The van der Waals surface area contributed by atoms with Crippen LogP contribution in [0.4, 0.5) is 0 Å². The highest BCUT2D eigenvalue weighted by atomic mass is 16.6. The lowest BCUT2D eigenvalue weighted by Gasteiger charge is -2.41. The third kappa shape index (κ3) is 2.99. The Morgan fingerprint density at radius 1 is 1.36 bits per heavy atom. The summed E-state index contributed by atoms with van der Waals surface area (Å²) in [5.41, 5.74) is 5.37. The van der Waals surface area contributed by atoms with Crippen LogP contribution in [0.25, 0.3) is 0 Å². The van der Waals surface area contributed by atoms with Crippen molar-refractivity contribution in [3.05, 3.63) is 22.1 Å². The number of ether oxygens (including phenoxy) is 2. The fourth-order valence-electron chi connectivity index (χ4n) is 2.33. The second-order valence-electron chi connectivity index (χ2n) is 5.12. The molecular weight excluding hydrogens is 294 g/mol.